The molecular weight excluding hydrogens is 357 g/mol. The molecule has 0 bridgehead atoms. The molecule has 3 rings (SSSR count). The lowest BCUT2D eigenvalue weighted by molar-refractivity contribution is -0.116. The number of carbonyl (C=O) groups is 1. The number of rotatable bonds is 6. The van der Waals surface area contributed by atoms with Gasteiger partial charge in [0.05, 0.1) is 0 Å². The largest absolute Gasteiger partial charge is 0.339 e. The fourth-order valence-electron chi connectivity index (χ4n) is 2.75. The number of nitrogens with zero attached hydrogens (tertiary/aromatic N) is 2. The number of hydrogen-bond acceptors (Lipinski definition) is 4. The number of benzene rings is 2. The molecule has 146 valence electrons. The molecule has 0 atom stereocenters. The zero-order valence-electron chi connectivity index (χ0n) is 16.3. The van der Waals surface area contributed by atoms with E-state index in [-0.39, 0.29) is 17.1 Å². The van der Waals surface area contributed by atoms with Gasteiger partial charge in [0.15, 0.2) is 0 Å². The molecule has 2 aromatic carbocycles. The number of amides is 1. The summed E-state index contributed by atoms with van der Waals surface area (Å²) in [5.41, 5.74) is 2.78. The first-order valence-corrected chi connectivity index (χ1v) is 9.30. The molecule has 0 aliphatic carbocycles. The molecule has 0 saturated heterocycles. The number of aromatic nitrogens is 2. The molecule has 0 radical (unpaired) electrons. The normalized spacial score (nSPS) is 11.4. The second kappa shape index (κ2) is 8.33. The predicted octanol–water partition coefficient (Wildman–Crippen LogP) is 5.13. The Morgan fingerprint density at radius 1 is 1.07 bits per heavy atom. The number of anilines is 1. The van der Waals surface area contributed by atoms with Gasteiger partial charge in [0.1, 0.15) is 5.82 Å². The Hall–Kier alpha value is -3.02. The van der Waals surface area contributed by atoms with E-state index in [0.29, 0.717) is 36.5 Å². The van der Waals surface area contributed by atoms with Gasteiger partial charge in [0, 0.05) is 24.1 Å². The third-order valence-corrected chi connectivity index (χ3v) is 4.40. The molecule has 0 unspecified atom stereocenters. The standard InChI is InChI=1S/C22H24FN3O2/c1-22(2,3)16-9-13-18(14-10-16)24-19(27)5-4-6-20-25-21(26-28-20)15-7-11-17(23)12-8-15/h7-14H,4-6H2,1-3H3,(H,24,27). The lowest BCUT2D eigenvalue weighted by Gasteiger charge is -2.19. The summed E-state index contributed by atoms with van der Waals surface area (Å²) in [5.74, 6) is 0.508. The van der Waals surface area contributed by atoms with Crippen LogP contribution >= 0.6 is 0 Å². The number of carbonyl (C=O) groups excluding carboxylic acids is 1. The number of aryl methyl sites for hydroxylation is 1. The second-order valence-corrected chi connectivity index (χ2v) is 7.75. The zero-order chi connectivity index (χ0) is 20.1. The second-order valence-electron chi connectivity index (χ2n) is 7.75. The van der Waals surface area contributed by atoms with Crippen LogP contribution in [0.25, 0.3) is 11.4 Å². The average molecular weight is 381 g/mol. The van der Waals surface area contributed by atoms with E-state index in [0.717, 1.165) is 5.69 Å². The minimum absolute atomic E-state index is 0.0539. The van der Waals surface area contributed by atoms with Crippen LogP contribution in [-0.2, 0) is 16.6 Å². The molecule has 6 heteroatoms. The lowest BCUT2D eigenvalue weighted by atomic mass is 9.87. The summed E-state index contributed by atoms with van der Waals surface area (Å²) < 4.78 is 18.2. The number of nitrogens with one attached hydrogen (secondary N) is 1. The summed E-state index contributed by atoms with van der Waals surface area (Å²) in [7, 11) is 0. The van der Waals surface area contributed by atoms with Gasteiger partial charge in [-0.15, -0.1) is 0 Å². The Morgan fingerprint density at radius 3 is 2.39 bits per heavy atom. The van der Waals surface area contributed by atoms with Gasteiger partial charge in [0.2, 0.25) is 17.6 Å². The highest BCUT2D eigenvalue weighted by molar-refractivity contribution is 5.90. The molecule has 3 aromatic rings. The van der Waals surface area contributed by atoms with Gasteiger partial charge < -0.3 is 9.84 Å². The van der Waals surface area contributed by atoms with Gasteiger partial charge in [-0.05, 0) is 53.8 Å². The third kappa shape index (κ3) is 5.25. The molecular formula is C22H24FN3O2. The molecule has 1 amide bonds. The van der Waals surface area contributed by atoms with Crippen molar-refractivity contribution in [2.24, 2.45) is 0 Å². The van der Waals surface area contributed by atoms with Crippen molar-refractivity contribution >= 4 is 11.6 Å². The SMILES string of the molecule is CC(C)(C)c1ccc(NC(=O)CCCc2nc(-c3ccc(F)cc3)no2)cc1. The van der Waals surface area contributed by atoms with Crippen molar-refractivity contribution in [2.45, 2.75) is 45.4 Å². The van der Waals surface area contributed by atoms with Gasteiger partial charge in [-0.2, -0.15) is 4.98 Å². The maximum Gasteiger partial charge on any atom is 0.226 e. The summed E-state index contributed by atoms with van der Waals surface area (Å²) in [6.07, 6.45) is 1.46. The van der Waals surface area contributed by atoms with Crippen LogP contribution in [0.15, 0.2) is 53.1 Å². The van der Waals surface area contributed by atoms with Crippen LogP contribution < -0.4 is 5.32 Å². The summed E-state index contributed by atoms with van der Waals surface area (Å²) >= 11 is 0. The maximum atomic E-state index is 13.0. The van der Waals surface area contributed by atoms with E-state index in [1.807, 2.05) is 24.3 Å². The van der Waals surface area contributed by atoms with Crippen LogP contribution in [0.2, 0.25) is 0 Å². The molecule has 0 spiro atoms. The minimum atomic E-state index is -0.313. The van der Waals surface area contributed by atoms with Crippen molar-refractivity contribution in [3.05, 3.63) is 65.8 Å². The van der Waals surface area contributed by atoms with E-state index in [9.17, 15) is 9.18 Å². The monoisotopic (exact) mass is 381 g/mol. The van der Waals surface area contributed by atoms with Crippen LogP contribution in [0.1, 0.15) is 45.1 Å². The quantitative estimate of drug-likeness (QED) is 0.642. The van der Waals surface area contributed by atoms with Gasteiger partial charge in [-0.25, -0.2) is 4.39 Å². The van der Waals surface area contributed by atoms with E-state index in [2.05, 4.69) is 36.2 Å². The third-order valence-electron chi connectivity index (χ3n) is 4.40. The Kier molecular flexibility index (Phi) is 5.87. The molecule has 1 heterocycles. The van der Waals surface area contributed by atoms with Gasteiger partial charge >= 0.3 is 0 Å². The topological polar surface area (TPSA) is 68.0 Å². The zero-order valence-corrected chi connectivity index (χ0v) is 16.3. The van der Waals surface area contributed by atoms with E-state index >= 15 is 0 Å². The smallest absolute Gasteiger partial charge is 0.226 e. The molecule has 0 fully saturated rings. The molecule has 0 saturated carbocycles. The molecule has 28 heavy (non-hydrogen) atoms. The first-order chi connectivity index (χ1) is 13.3. The van der Waals surface area contributed by atoms with Crippen LogP contribution in [0, 0.1) is 5.82 Å². The number of halogens is 1. The molecule has 0 aliphatic rings. The van der Waals surface area contributed by atoms with Gasteiger partial charge in [-0.1, -0.05) is 38.1 Å². The Balaban J connectivity index is 1.47. The van der Waals surface area contributed by atoms with Crippen molar-refractivity contribution in [3.8, 4) is 11.4 Å². The van der Waals surface area contributed by atoms with Crippen molar-refractivity contribution < 1.29 is 13.7 Å². The number of hydrogen-bond donors (Lipinski definition) is 1. The van der Waals surface area contributed by atoms with Crippen LogP contribution in [0.5, 0.6) is 0 Å². The van der Waals surface area contributed by atoms with E-state index < -0.39 is 0 Å². The van der Waals surface area contributed by atoms with Gasteiger partial charge in [-0.3, -0.25) is 4.79 Å². The van der Waals surface area contributed by atoms with E-state index in [4.69, 9.17) is 4.52 Å². The van der Waals surface area contributed by atoms with Crippen LogP contribution in [-0.4, -0.2) is 16.0 Å². The minimum Gasteiger partial charge on any atom is -0.339 e. The van der Waals surface area contributed by atoms with E-state index in [1.54, 1.807) is 12.1 Å². The molecule has 0 aliphatic heterocycles. The Labute approximate surface area is 164 Å². The van der Waals surface area contributed by atoms with Crippen molar-refractivity contribution in [2.75, 3.05) is 5.32 Å². The summed E-state index contributed by atoms with van der Waals surface area (Å²) in [6.45, 7) is 6.46. The fraction of sp³-hybridized carbons (Fsp3) is 0.318. The summed E-state index contributed by atoms with van der Waals surface area (Å²) in [6, 6.07) is 13.8. The summed E-state index contributed by atoms with van der Waals surface area (Å²) in [5, 5.41) is 6.80. The summed E-state index contributed by atoms with van der Waals surface area (Å²) in [4.78, 5) is 16.4. The molecule has 1 N–H and O–H groups in total. The lowest BCUT2D eigenvalue weighted by Crippen LogP contribution is -2.13. The van der Waals surface area contributed by atoms with E-state index in [1.165, 1.54) is 17.7 Å². The Bertz CT molecular complexity index is 926. The average Bonchev–Trinajstić information content (AvgIpc) is 3.11. The highest BCUT2D eigenvalue weighted by atomic mass is 19.1. The fourth-order valence-corrected chi connectivity index (χ4v) is 2.75. The Morgan fingerprint density at radius 2 is 1.75 bits per heavy atom. The predicted molar refractivity (Wildman–Crippen MR) is 106 cm³/mol. The van der Waals surface area contributed by atoms with Crippen molar-refractivity contribution in [1.82, 2.24) is 10.1 Å². The molecule has 1 aromatic heterocycles. The maximum absolute atomic E-state index is 13.0. The first kappa shape index (κ1) is 19.7. The van der Waals surface area contributed by atoms with Crippen molar-refractivity contribution in [1.29, 1.82) is 0 Å². The van der Waals surface area contributed by atoms with Gasteiger partial charge in [0.25, 0.3) is 0 Å². The van der Waals surface area contributed by atoms with Crippen molar-refractivity contribution in [3.63, 3.8) is 0 Å². The van der Waals surface area contributed by atoms with Crippen LogP contribution in [0.4, 0.5) is 10.1 Å². The highest BCUT2D eigenvalue weighted by Gasteiger charge is 2.13. The first-order valence-electron chi connectivity index (χ1n) is 9.30. The van der Waals surface area contributed by atoms with Crippen LogP contribution in [0.3, 0.4) is 0 Å². The highest BCUT2D eigenvalue weighted by Crippen LogP contribution is 2.23. The molecule has 5 nitrogen and oxygen atoms in total.